The molecule has 6 nitrogen and oxygen atoms in total. The topological polar surface area (TPSA) is 77.2 Å². The van der Waals surface area contributed by atoms with E-state index in [1.165, 1.54) is 32.1 Å². The highest BCUT2D eigenvalue weighted by molar-refractivity contribution is 5.76. The molecule has 146 valence electrons. The second kappa shape index (κ2) is 10.1. The van der Waals surface area contributed by atoms with Crippen molar-refractivity contribution in [2.24, 2.45) is 0 Å². The summed E-state index contributed by atoms with van der Waals surface area (Å²) >= 11 is 0. The van der Waals surface area contributed by atoms with Crippen LogP contribution in [-0.4, -0.2) is 28.7 Å². The largest absolute Gasteiger partial charge is 0.494 e. The predicted octanol–water partition coefficient (Wildman–Crippen LogP) is 4.30. The van der Waals surface area contributed by atoms with Gasteiger partial charge in [0.1, 0.15) is 5.75 Å². The minimum atomic E-state index is 0.0707. The molecule has 1 aliphatic rings. The molecule has 6 heteroatoms. The molecule has 1 aromatic heterocycles. The predicted molar refractivity (Wildman–Crippen MR) is 103 cm³/mol. The monoisotopic (exact) mass is 371 g/mol. The van der Waals surface area contributed by atoms with E-state index < -0.39 is 0 Å². The molecule has 1 heterocycles. The summed E-state index contributed by atoms with van der Waals surface area (Å²) in [5, 5.41) is 7.19. The van der Waals surface area contributed by atoms with Crippen LogP contribution in [-0.2, 0) is 11.2 Å². The van der Waals surface area contributed by atoms with E-state index >= 15 is 0 Å². The van der Waals surface area contributed by atoms with Gasteiger partial charge in [0.2, 0.25) is 17.6 Å². The second-order valence-corrected chi connectivity index (χ2v) is 7.08. The Kier molecular flexibility index (Phi) is 7.25. The van der Waals surface area contributed by atoms with Gasteiger partial charge in [-0.1, -0.05) is 37.3 Å². The maximum absolute atomic E-state index is 12.2. The summed E-state index contributed by atoms with van der Waals surface area (Å²) < 4.78 is 10.7. The minimum absolute atomic E-state index is 0.0707. The van der Waals surface area contributed by atoms with E-state index in [0.29, 0.717) is 37.2 Å². The highest BCUT2D eigenvalue weighted by Gasteiger charge is 2.15. The number of nitrogens with one attached hydrogen (secondary N) is 1. The minimum Gasteiger partial charge on any atom is -0.494 e. The van der Waals surface area contributed by atoms with Gasteiger partial charge in [0, 0.05) is 24.4 Å². The summed E-state index contributed by atoms with van der Waals surface area (Å²) in [5.41, 5.74) is 0.868. The number of hydrogen-bond donors (Lipinski definition) is 1. The van der Waals surface area contributed by atoms with Crippen molar-refractivity contribution >= 4 is 5.91 Å². The van der Waals surface area contributed by atoms with Gasteiger partial charge in [-0.3, -0.25) is 4.79 Å². The van der Waals surface area contributed by atoms with Crippen LogP contribution in [0.25, 0.3) is 11.4 Å². The van der Waals surface area contributed by atoms with E-state index in [-0.39, 0.29) is 5.91 Å². The van der Waals surface area contributed by atoms with Crippen molar-refractivity contribution in [2.75, 3.05) is 6.61 Å². The van der Waals surface area contributed by atoms with Gasteiger partial charge >= 0.3 is 0 Å². The number of aryl methyl sites for hydroxylation is 1. The fourth-order valence-corrected chi connectivity index (χ4v) is 3.46. The first-order chi connectivity index (χ1) is 13.2. The molecule has 0 unspecified atom stereocenters. The average molecular weight is 371 g/mol. The Bertz CT molecular complexity index is 704. The lowest BCUT2D eigenvalue weighted by Crippen LogP contribution is -2.35. The Labute approximate surface area is 160 Å². The van der Waals surface area contributed by atoms with Crippen molar-refractivity contribution in [3.05, 3.63) is 30.2 Å². The number of aromatic nitrogens is 2. The molecule has 1 aliphatic carbocycles. The van der Waals surface area contributed by atoms with Gasteiger partial charge in [0.05, 0.1) is 6.61 Å². The third-order valence-electron chi connectivity index (χ3n) is 4.93. The van der Waals surface area contributed by atoms with Crippen molar-refractivity contribution in [3.8, 4) is 17.1 Å². The van der Waals surface area contributed by atoms with Gasteiger partial charge in [-0.25, -0.2) is 0 Å². The number of amides is 1. The van der Waals surface area contributed by atoms with Crippen molar-refractivity contribution < 1.29 is 14.1 Å². The zero-order valence-corrected chi connectivity index (χ0v) is 16.1. The molecule has 0 radical (unpaired) electrons. The molecule has 3 rings (SSSR count). The average Bonchev–Trinajstić information content (AvgIpc) is 3.12. The Balaban J connectivity index is 1.47. The van der Waals surface area contributed by atoms with E-state index in [1.807, 2.05) is 31.2 Å². The zero-order valence-electron chi connectivity index (χ0n) is 16.1. The zero-order chi connectivity index (χ0) is 18.9. The molecule has 1 fully saturated rings. The maximum Gasteiger partial charge on any atom is 0.227 e. The first-order valence-corrected chi connectivity index (χ1v) is 10.1. The first-order valence-electron chi connectivity index (χ1n) is 10.1. The third kappa shape index (κ3) is 6.08. The van der Waals surface area contributed by atoms with E-state index in [0.717, 1.165) is 24.2 Å². The summed E-state index contributed by atoms with van der Waals surface area (Å²) in [7, 11) is 0. The first kappa shape index (κ1) is 19.4. The molecular weight excluding hydrogens is 342 g/mol. The fraction of sp³-hybridized carbons (Fsp3) is 0.571. The highest BCUT2D eigenvalue weighted by atomic mass is 16.5. The smallest absolute Gasteiger partial charge is 0.227 e. The molecule has 1 N–H and O–H groups in total. The second-order valence-electron chi connectivity index (χ2n) is 7.08. The van der Waals surface area contributed by atoms with Crippen molar-refractivity contribution in [3.63, 3.8) is 0 Å². The Morgan fingerprint density at radius 1 is 1.15 bits per heavy atom. The van der Waals surface area contributed by atoms with Crippen LogP contribution in [0, 0.1) is 0 Å². The van der Waals surface area contributed by atoms with E-state index in [2.05, 4.69) is 15.5 Å². The van der Waals surface area contributed by atoms with Crippen LogP contribution in [0.2, 0.25) is 0 Å². The number of carbonyl (C=O) groups is 1. The third-order valence-corrected chi connectivity index (χ3v) is 4.93. The molecule has 2 aromatic rings. The summed E-state index contributed by atoms with van der Waals surface area (Å²) in [6.07, 6.45) is 9.33. The SMILES string of the molecule is CCOc1ccc(-c2noc(CCC(=O)NC3CCCCCCC3)n2)cc1. The number of ether oxygens (including phenoxy) is 1. The van der Waals surface area contributed by atoms with E-state index in [9.17, 15) is 4.79 Å². The van der Waals surface area contributed by atoms with E-state index in [4.69, 9.17) is 9.26 Å². The van der Waals surface area contributed by atoms with Crippen LogP contribution in [0.1, 0.15) is 64.2 Å². The molecule has 0 saturated heterocycles. The summed E-state index contributed by atoms with van der Waals surface area (Å²) in [6, 6.07) is 7.90. The number of benzene rings is 1. The quantitative estimate of drug-likeness (QED) is 0.785. The van der Waals surface area contributed by atoms with Crippen LogP contribution < -0.4 is 10.1 Å². The van der Waals surface area contributed by atoms with Crippen molar-refractivity contribution in [2.45, 2.75) is 70.8 Å². The van der Waals surface area contributed by atoms with Gasteiger partial charge in [0.25, 0.3) is 0 Å². The molecule has 0 spiro atoms. The van der Waals surface area contributed by atoms with Gasteiger partial charge in [-0.15, -0.1) is 0 Å². The number of nitrogens with zero attached hydrogens (tertiary/aromatic N) is 2. The number of hydrogen-bond acceptors (Lipinski definition) is 5. The van der Waals surface area contributed by atoms with Gasteiger partial charge in [-0.05, 0) is 44.0 Å². The Morgan fingerprint density at radius 2 is 1.85 bits per heavy atom. The molecule has 1 saturated carbocycles. The summed E-state index contributed by atoms with van der Waals surface area (Å²) in [6.45, 7) is 2.58. The molecular formula is C21H29N3O3. The normalized spacial score (nSPS) is 15.7. The van der Waals surface area contributed by atoms with Crippen LogP contribution in [0.4, 0.5) is 0 Å². The standard InChI is InChI=1S/C21H29N3O3/c1-2-26-18-12-10-16(11-13-18)21-23-20(27-24-21)15-14-19(25)22-17-8-6-4-3-5-7-9-17/h10-13,17H,2-9,14-15H2,1H3,(H,22,25). The molecule has 0 atom stereocenters. The highest BCUT2D eigenvalue weighted by Crippen LogP contribution is 2.20. The molecule has 0 bridgehead atoms. The van der Waals surface area contributed by atoms with Crippen LogP contribution in [0.3, 0.4) is 0 Å². The van der Waals surface area contributed by atoms with Gasteiger partial charge in [0.15, 0.2) is 0 Å². The van der Waals surface area contributed by atoms with Crippen molar-refractivity contribution in [1.82, 2.24) is 15.5 Å². The lowest BCUT2D eigenvalue weighted by Gasteiger charge is -2.20. The number of carbonyl (C=O) groups excluding carboxylic acids is 1. The van der Waals surface area contributed by atoms with Crippen molar-refractivity contribution in [1.29, 1.82) is 0 Å². The summed E-state index contributed by atoms with van der Waals surface area (Å²) in [4.78, 5) is 16.6. The van der Waals surface area contributed by atoms with Gasteiger partial charge in [-0.2, -0.15) is 4.98 Å². The molecule has 1 amide bonds. The van der Waals surface area contributed by atoms with Gasteiger partial charge < -0.3 is 14.6 Å². The van der Waals surface area contributed by atoms with Crippen LogP contribution >= 0.6 is 0 Å². The lowest BCUT2D eigenvalue weighted by molar-refractivity contribution is -0.122. The Morgan fingerprint density at radius 3 is 2.56 bits per heavy atom. The summed E-state index contributed by atoms with van der Waals surface area (Å²) in [5.74, 6) is 1.91. The maximum atomic E-state index is 12.2. The molecule has 27 heavy (non-hydrogen) atoms. The molecule has 0 aliphatic heterocycles. The number of rotatable bonds is 7. The van der Waals surface area contributed by atoms with Crippen LogP contribution in [0.15, 0.2) is 28.8 Å². The van der Waals surface area contributed by atoms with E-state index in [1.54, 1.807) is 0 Å². The Hall–Kier alpha value is -2.37. The lowest BCUT2D eigenvalue weighted by atomic mass is 9.96. The molecule has 1 aromatic carbocycles. The fourth-order valence-electron chi connectivity index (χ4n) is 3.46. The van der Waals surface area contributed by atoms with Crippen LogP contribution in [0.5, 0.6) is 5.75 Å².